The smallest absolute Gasteiger partial charge is 0.258 e. The van der Waals surface area contributed by atoms with Gasteiger partial charge in [0.1, 0.15) is 5.82 Å². The first-order valence-electron chi connectivity index (χ1n) is 8.06. The number of benzene rings is 2. The number of para-hydroxylation sites is 1. The van der Waals surface area contributed by atoms with Gasteiger partial charge in [-0.3, -0.25) is 4.79 Å². The van der Waals surface area contributed by atoms with Gasteiger partial charge in [0.05, 0.1) is 16.7 Å². The van der Waals surface area contributed by atoms with E-state index in [1.165, 1.54) is 23.1 Å². The molecule has 136 valence electrons. The van der Waals surface area contributed by atoms with E-state index in [4.69, 9.17) is 11.6 Å². The van der Waals surface area contributed by atoms with Crippen molar-refractivity contribution < 1.29 is 0 Å². The Morgan fingerprint density at radius 2 is 2.07 bits per heavy atom. The molecule has 4 rings (SSSR count). The lowest BCUT2D eigenvalue weighted by Crippen LogP contribution is -2.11. The van der Waals surface area contributed by atoms with Crippen molar-refractivity contribution in [2.24, 2.45) is 0 Å². The summed E-state index contributed by atoms with van der Waals surface area (Å²) in [5.41, 5.74) is 2.44. The van der Waals surface area contributed by atoms with Gasteiger partial charge in [0.15, 0.2) is 4.34 Å². The number of aromatic nitrogens is 4. The van der Waals surface area contributed by atoms with E-state index < -0.39 is 0 Å². The molecule has 0 saturated heterocycles. The summed E-state index contributed by atoms with van der Waals surface area (Å²) in [6.45, 7) is 1.96. The molecule has 0 spiro atoms. The molecule has 0 aliphatic rings. The molecular formula is C18H14ClN5OS2. The van der Waals surface area contributed by atoms with Crippen LogP contribution in [0.3, 0.4) is 0 Å². The molecule has 0 aliphatic carbocycles. The molecule has 0 amide bonds. The molecule has 0 atom stereocenters. The first kappa shape index (κ1) is 18.0. The maximum atomic E-state index is 12.1. The van der Waals surface area contributed by atoms with Gasteiger partial charge in [-0.05, 0) is 36.8 Å². The topological polar surface area (TPSA) is 83.6 Å². The minimum atomic E-state index is -0.132. The lowest BCUT2D eigenvalue weighted by molar-refractivity contribution is 1.00. The number of anilines is 2. The average Bonchev–Trinajstić information content (AvgIpc) is 3.10. The SMILES string of the molecule is Cc1ccc(Nc2nnc(SCc3nc4ccccc4c(=O)[nH]3)s2)cc1Cl. The molecule has 27 heavy (non-hydrogen) atoms. The van der Waals surface area contributed by atoms with Crippen molar-refractivity contribution in [3.63, 3.8) is 0 Å². The Labute approximate surface area is 168 Å². The molecule has 4 aromatic rings. The fraction of sp³-hybridized carbons (Fsp3) is 0.111. The maximum absolute atomic E-state index is 12.1. The van der Waals surface area contributed by atoms with E-state index in [2.05, 4.69) is 25.5 Å². The van der Waals surface area contributed by atoms with Gasteiger partial charge in [-0.1, -0.05) is 52.9 Å². The standard InChI is InChI=1S/C18H14ClN5OS2/c1-10-6-7-11(8-13(10)19)20-17-23-24-18(27-17)26-9-15-21-14-5-3-2-4-12(14)16(25)22-15/h2-8H,9H2,1H3,(H,20,23)(H,21,22,25). The Kier molecular flexibility index (Phi) is 5.11. The van der Waals surface area contributed by atoms with Gasteiger partial charge < -0.3 is 10.3 Å². The van der Waals surface area contributed by atoms with Gasteiger partial charge in [0.25, 0.3) is 5.56 Å². The van der Waals surface area contributed by atoms with Gasteiger partial charge in [0, 0.05) is 10.7 Å². The summed E-state index contributed by atoms with van der Waals surface area (Å²) in [5.74, 6) is 1.11. The second-order valence-corrected chi connectivity index (χ2v) is 8.39. The van der Waals surface area contributed by atoms with Gasteiger partial charge >= 0.3 is 0 Å². The number of nitrogens with one attached hydrogen (secondary N) is 2. The Balaban J connectivity index is 1.45. The average molecular weight is 416 g/mol. The van der Waals surface area contributed by atoms with Crippen LogP contribution < -0.4 is 10.9 Å². The van der Waals surface area contributed by atoms with Crippen LogP contribution in [-0.2, 0) is 5.75 Å². The van der Waals surface area contributed by atoms with E-state index in [0.29, 0.717) is 32.6 Å². The molecule has 6 nitrogen and oxygen atoms in total. The summed E-state index contributed by atoms with van der Waals surface area (Å²) in [5, 5.41) is 13.5. The quantitative estimate of drug-likeness (QED) is 0.456. The summed E-state index contributed by atoms with van der Waals surface area (Å²) >= 11 is 9.05. The molecule has 0 fully saturated rings. The predicted octanol–water partition coefficient (Wildman–Crippen LogP) is 4.77. The van der Waals surface area contributed by atoms with Crippen LogP contribution in [0.25, 0.3) is 10.9 Å². The number of hydrogen-bond donors (Lipinski definition) is 2. The normalized spacial score (nSPS) is 11.0. The second-order valence-electron chi connectivity index (χ2n) is 5.78. The first-order valence-corrected chi connectivity index (χ1v) is 10.2. The second kappa shape index (κ2) is 7.67. The highest BCUT2D eigenvalue weighted by atomic mass is 35.5. The number of halogens is 1. The lowest BCUT2D eigenvalue weighted by Gasteiger charge is -2.03. The zero-order valence-electron chi connectivity index (χ0n) is 14.2. The van der Waals surface area contributed by atoms with Crippen LogP contribution in [0.1, 0.15) is 11.4 Å². The largest absolute Gasteiger partial charge is 0.330 e. The van der Waals surface area contributed by atoms with Crippen LogP contribution in [0.2, 0.25) is 5.02 Å². The monoisotopic (exact) mass is 415 g/mol. The third-order valence-electron chi connectivity index (χ3n) is 3.82. The van der Waals surface area contributed by atoms with Crippen molar-refractivity contribution in [1.29, 1.82) is 0 Å². The summed E-state index contributed by atoms with van der Waals surface area (Å²) in [6.07, 6.45) is 0. The number of rotatable bonds is 5. The first-order chi connectivity index (χ1) is 13.1. The summed E-state index contributed by atoms with van der Waals surface area (Å²) in [6, 6.07) is 13.0. The molecule has 2 aromatic heterocycles. The highest BCUT2D eigenvalue weighted by Crippen LogP contribution is 2.30. The molecule has 0 saturated carbocycles. The van der Waals surface area contributed by atoms with E-state index in [9.17, 15) is 4.79 Å². The lowest BCUT2D eigenvalue weighted by atomic mass is 10.2. The number of hydrogen-bond acceptors (Lipinski definition) is 7. The molecule has 0 unspecified atom stereocenters. The van der Waals surface area contributed by atoms with Crippen LogP contribution >= 0.6 is 34.7 Å². The van der Waals surface area contributed by atoms with E-state index in [1.54, 1.807) is 6.07 Å². The maximum Gasteiger partial charge on any atom is 0.258 e. The van der Waals surface area contributed by atoms with Crippen molar-refractivity contribution >= 4 is 56.4 Å². The van der Waals surface area contributed by atoms with Crippen molar-refractivity contribution in [1.82, 2.24) is 20.2 Å². The molecule has 0 radical (unpaired) electrons. The summed E-state index contributed by atoms with van der Waals surface area (Å²) in [4.78, 5) is 19.4. The van der Waals surface area contributed by atoms with Crippen molar-refractivity contribution in [3.05, 3.63) is 69.2 Å². The minimum Gasteiger partial charge on any atom is -0.330 e. The number of H-pyrrole nitrogens is 1. The number of aromatic amines is 1. The molecular weight excluding hydrogens is 402 g/mol. The van der Waals surface area contributed by atoms with E-state index in [1.807, 2.05) is 43.3 Å². The molecule has 2 N–H and O–H groups in total. The van der Waals surface area contributed by atoms with Gasteiger partial charge in [0.2, 0.25) is 5.13 Å². The Morgan fingerprint density at radius 1 is 1.22 bits per heavy atom. The zero-order chi connectivity index (χ0) is 18.8. The summed E-state index contributed by atoms with van der Waals surface area (Å²) in [7, 11) is 0. The van der Waals surface area contributed by atoms with Crippen LogP contribution in [-0.4, -0.2) is 20.2 Å². The Bertz CT molecular complexity index is 1170. The number of aryl methyl sites for hydroxylation is 1. The molecule has 0 aliphatic heterocycles. The van der Waals surface area contributed by atoms with E-state index >= 15 is 0 Å². The summed E-state index contributed by atoms with van der Waals surface area (Å²) < 4.78 is 0.784. The fourth-order valence-electron chi connectivity index (χ4n) is 2.45. The fourth-order valence-corrected chi connectivity index (χ4v) is 4.27. The van der Waals surface area contributed by atoms with E-state index in [-0.39, 0.29) is 5.56 Å². The van der Waals surface area contributed by atoms with Gasteiger partial charge in [-0.25, -0.2) is 4.98 Å². The molecule has 0 bridgehead atoms. The molecule has 2 heterocycles. The number of fused-ring (bicyclic) bond motifs is 1. The highest BCUT2D eigenvalue weighted by molar-refractivity contribution is 8.00. The highest BCUT2D eigenvalue weighted by Gasteiger charge is 2.09. The van der Waals surface area contributed by atoms with Crippen molar-refractivity contribution in [2.75, 3.05) is 5.32 Å². The van der Waals surface area contributed by atoms with Gasteiger partial charge in [-0.15, -0.1) is 10.2 Å². The van der Waals surface area contributed by atoms with Crippen molar-refractivity contribution in [2.45, 2.75) is 17.0 Å². The van der Waals surface area contributed by atoms with Gasteiger partial charge in [-0.2, -0.15) is 0 Å². The van der Waals surface area contributed by atoms with Crippen LogP contribution in [0, 0.1) is 6.92 Å². The minimum absolute atomic E-state index is 0.132. The number of thioether (sulfide) groups is 1. The third kappa shape index (κ3) is 4.13. The zero-order valence-corrected chi connectivity index (χ0v) is 16.6. The number of nitrogens with zero attached hydrogens (tertiary/aromatic N) is 3. The Morgan fingerprint density at radius 3 is 2.93 bits per heavy atom. The van der Waals surface area contributed by atoms with Crippen LogP contribution in [0.4, 0.5) is 10.8 Å². The van der Waals surface area contributed by atoms with Crippen molar-refractivity contribution in [3.8, 4) is 0 Å². The Hall–Kier alpha value is -2.42. The van der Waals surface area contributed by atoms with Crippen LogP contribution in [0.15, 0.2) is 51.6 Å². The third-order valence-corrected chi connectivity index (χ3v) is 6.21. The molecule has 2 aromatic carbocycles. The van der Waals surface area contributed by atoms with E-state index in [0.717, 1.165) is 15.6 Å². The van der Waals surface area contributed by atoms with Crippen LogP contribution in [0.5, 0.6) is 0 Å². The predicted molar refractivity (Wildman–Crippen MR) is 111 cm³/mol. The molecule has 9 heteroatoms.